The number of hydrogen-bond acceptors (Lipinski definition) is 6. The van der Waals surface area contributed by atoms with Gasteiger partial charge in [0.15, 0.2) is 0 Å². The summed E-state index contributed by atoms with van der Waals surface area (Å²) in [4.78, 5) is 48.5. The summed E-state index contributed by atoms with van der Waals surface area (Å²) in [6, 6.07) is 5.12. The maximum atomic E-state index is 16.3. The number of hydrogen-bond donors (Lipinski definition) is 2. The van der Waals surface area contributed by atoms with Crippen molar-refractivity contribution < 1.29 is 23.5 Å². The molecule has 0 saturated carbocycles. The molecule has 9 nitrogen and oxygen atoms in total. The van der Waals surface area contributed by atoms with Crippen LogP contribution in [0, 0.1) is 18.6 Å². The molecule has 4 aromatic rings. The van der Waals surface area contributed by atoms with Crippen molar-refractivity contribution in [1.29, 1.82) is 0 Å². The molecule has 1 saturated heterocycles. The van der Waals surface area contributed by atoms with Crippen molar-refractivity contribution in [2.45, 2.75) is 45.7 Å². The first-order chi connectivity index (χ1) is 21.4. The lowest BCUT2D eigenvalue weighted by molar-refractivity contribution is -0.130. The fraction of sp³-hybridized carbons (Fsp3) is 0.273. The molecule has 45 heavy (non-hydrogen) atoms. The number of carbonyl (C=O) groups is 2. The number of phenols is 1. The minimum atomic E-state index is -0.950. The average molecular weight is 634 g/mol. The molecule has 1 fully saturated rings. The molecule has 2 aromatic carbocycles. The first-order valence-corrected chi connectivity index (χ1v) is 14.8. The number of phenolic OH excluding ortho intramolecular Hbond substituents is 1. The van der Waals surface area contributed by atoms with E-state index >= 15 is 8.78 Å². The summed E-state index contributed by atoms with van der Waals surface area (Å²) >= 11 is 7.03. The number of rotatable bonds is 4. The Bertz CT molecular complexity index is 1990. The molecule has 0 aliphatic carbocycles. The van der Waals surface area contributed by atoms with Crippen molar-refractivity contribution >= 4 is 45.7 Å². The smallest absolute Gasteiger partial charge is 0.281 e. The molecular weight excluding hydrogens is 604 g/mol. The van der Waals surface area contributed by atoms with Gasteiger partial charge in [-0.3, -0.25) is 23.9 Å². The molecule has 0 radical (unpaired) electrons. The summed E-state index contributed by atoms with van der Waals surface area (Å²) in [5, 5.41) is 13.2. The third-order valence-electron chi connectivity index (χ3n) is 8.53. The Labute approximate surface area is 262 Å². The first-order valence-electron chi connectivity index (χ1n) is 14.4. The van der Waals surface area contributed by atoms with Gasteiger partial charge >= 0.3 is 0 Å². The second-order valence-electron chi connectivity index (χ2n) is 11.7. The van der Waals surface area contributed by atoms with Gasteiger partial charge in [0.25, 0.3) is 5.56 Å². The van der Waals surface area contributed by atoms with E-state index in [2.05, 4.69) is 16.9 Å². The van der Waals surface area contributed by atoms with E-state index in [0.717, 1.165) is 12.1 Å². The number of aromatic hydroxyl groups is 1. The first kappa shape index (κ1) is 30.3. The number of halogens is 3. The number of nitrogens with zero attached hydrogens (tertiary/aromatic N) is 4. The van der Waals surface area contributed by atoms with Gasteiger partial charge < -0.3 is 20.2 Å². The Morgan fingerprint density at radius 1 is 1.16 bits per heavy atom. The van der Waals surface area contributed by atoms with Crippen LogP contribution in [-0.2, 0) is 9.59 Å². The highest BCUT2D eigenvalue weighted by atomic mass is 35.5. The van der Waals surface area contributed by atoms with Crippen molar-refractivity contribution in [3.63, 3.8) is 0 Å². The third-order valence-corrected chi connectivity index (χ3v) is 8.89. The topological polar surface area (TPSA) is 108 Å². The minimum absolute atomic E-state index is 0.00151. The van der Waals surface area contributed by atoms with Gasteiger partial charge in [-0.1, -0.05) is 38.1 Å². The Kier molecular flexibility index (Phi) is 7.39. The number of amides is 2. The molecule has 4 heterocycles. The van der Waals surface area contributed by atoms with E-state index in [1.165, 1.54) is 27.7 Å². The zero-order chi connectivity index (χ0) is 32.5. The lowest BCUT2D eigenvalue weighted by atomic mass is 9.95. The Morgan fingerprint density at radius 3 is 2.56 bits per heavy atom. The number of anilines is 2. The van der Waals surface area contributed by atoms with Crippen LogP contribution in [0.5, 0.6) is 5.75 Å². The van der Waals surface area contributed by atoms with Gasteiger partial charge in [-0.15, -0.1) is 0 Å². The monoisotopic (exact) mass is 633 g/mol. The summed E-state index contributed by atoms with van der Waals surface area (Å²) in [5.74, 6) is -3.42. The fourth-order valence-corrected chi connectivity index (χ4v) is 6.80. The molecule has 12 heteroatoms. The fourth-order valence-electron chi connectivity index (χ4n) is 6.43. The molecule has 2 unspecified atom stereocenters. The highest BCUT2D eigenvalue weighted by molar-refractivity contribution is 6.39. The SMILES string of the molecule is C=CC(=O)N1CC2C(=O)Nc3c(c4cc(F)c(-c5c(O)cccc5F)c(Cl)c4n(-c4c(C)ccnc4C(C)C)c3=O)N2CC1C. The maximum absolute atomic E-state index is 16.3. The van der Waals surface area contributed by atoms with Crippen molar-refractivity contribution in [3.8, 4) is 22.6 Å². The van der Waals surface area contributed by atoms with E-state index in [9.17, 15) is 19.5 Å². The molecule has 2 atom stereocenters. The van der Waals surface area contributed by atoms with Gasteiger partial charge in [0.2, 0.25) is 11.8 Å². The van der Waals surface area contributed by atoms with E-state index in [1.54, 1.807) is 31.0 Å². The lowest BCUT2D eigenvalue weighted by Gasteiger charge is -2.48. The zero-order valence-corrected chi connectivity index (χ0v) is 25.7. The van der Waals surface area contributed by atoms with E-state index in [4.69, 9.17) is 11.6 Å². The molecule has 2 amide bonds. The number of benzene rings is 2. The maximum Gasteiger partial charge on any atom is 0.281 e. The third kappa shape index (κ3) is 4.56. The number of piperazine rings is 1. The minimum Gasteiger partial charge on any atom is -0.507 e. The average Bonchev–Trinajstić information content (AvgIpc) is 2.98. The normalized spacial score (nSPS) is 17.7. The molecular formula is C33H30ClF2N5O4. The summed E-state index contributed by atoms with van der Waals surface area (Å²) in [6.07, 6.45) is 2.79. The summed E-state index contributed by atoms with van der Waals surface area (Å²) < 4.78 is 32.8. The van der Waals surface area contributed by atoms with Crippen LogP contribution < -0.4 is 15.8 Å². The van der Waals surface area contributed by atoms with E-state index in [-0.39, 0.29) is 52.2 Å². The number of aromatic nitrogens is 2. The van der Waals surface area contributed by atoms with Crippen molar-refractivity contribution in [3.05, 3.63) is 87.5 Å². The molecule has 0 spiro atoms. The molecule has 232 valence electrons. The van der Waals surface area contributed by atoms with E-state index in [0.29, 0.717) is 16.9 Å². The van der Waals surface area contributed by atoms with E-state index in [1.807, 2.05) is 13.8 Å². The van der Waals surface area contributed by atoms with Crippen LogP contribution in [0.15, 0.2) is 54.0 Å². The number of nitrogens with one attached hydrogen (secondary N) is 1. The van der Waals surface area contributed by atoms with E-state index < -0.39 is 52.1 Å². The van der Waals surface area contributed by atoms with Crippen LogP contribution in [0.25, 0.3) is 27.7 Å². The van der Waals surface area contributed by atoms with Gasteiger partial charge in [0.05, 0.1) is 39.7 Å². The van der Waals surface area contributed by atoms with Crippen LogP contribution in [0.3, 0.4) is 0 Å². The molecule has 6 rings (SSSR count). The lowest BCUT2D eigenvalue weighted by Crippen LogP contribution is -2.64. The predicted octanol–water partition coefficient (Wildman–Crippen LogP) is 5.67. The second-order valence-corrected chi connectivity index (χ2v) is 12.0. The summed E-state index contributed by atoms with van der Waals surface area (Å²) in [5.41, 5.74) is 0.223. The van der Waals surface area contributed by atoms with Gasteiger partial charge in [-0.05, 0) is 55.7 Å². The van der Waals surface area contributed by atoms with Crippen molar-refractivity contribution in [1.82, 2.24) is 14.5 Å². The standard InChI is InChI=1S/C33H30ClF2N5O4/c1-6-23(43)39-14-21-32(44)38-28-31(40(21)13-17(39)5)18-12-20(36)25(24-19(35)8-7-9-22(24)42)26(34)30(18)41(33(28)45)29-16(4)10-11-37-27(29)15(2)3/h6-12,15,17,21,42H,1,13-14H2,2-5H3,(H,38,44). The number of pyridine rings is 2. The summed E-state index contributed by atoms with van der Waals surface area (Å²) in [7, 11) is 0. The molecule has 2 N–H and O–H groups in total. The quantitative estimate of drug-likeness (QED) is 0.281. The number of carbonyl (C=O) groups excluding carboxylic acids is 2. The molecule has 2 aliphatic rings. The largest absolute Gasteiger partial charge is 0.507 e. The molecule has 2 aromatic heterocycles. The molecule has 0 bridgehead atoms. The van der Waals surface area contributed by atoms with Crippen LogP contribution >= 0.6 is 11.6 Å². The van der Waals surface area contributed by atoms with Gasteiger partial charge in [-0.2, -0.15) is 0 Å². The van der Waals surface area contributed by atoms with Crippen LogP contribution in [0.1, 0.15) is 37.9 Å². The van der Waals surface area contributed by atoms with Gasteiger partial charge in [-0.25, -0.2) is 8.78 Å². The zero-order valence-electron chi connectivity index (χ0n) is 25.0. The highest BCUT2D eigenvalue weighted by Crippen LogP contribution is 2.47. The summed E-state index contributed by atoms with van der Waals surface area (Å²) in [6.45, 7) is 11.1. The highest BCUT2D eigenvalue weighted by Gasteiger charge is 2.44. The second kappa shape index (κ2) is 11.0. The predicted molar refractivity (Wildman–Crippen MR) is 169 cm³/mol. The van der Waals surface area contributed by atoms with Crippen LogP contribution in [-0.4, -0.2) is 56.5 Å². The number of aryl methyl sites for hydroxylation is 1. The van der Waals surface area contributed by atoms with Crippen LogP contribution in [0.2, 0.25) is 5.02 Å². The Morgan fingerprint density at radius 2 is 1.89 bits per heavy atom. The van der Waals surface area contributed by atoms with Crippen molar-refractivity contribution in [2.75, 3.05) is 23.3 Å². The Hall–Kier alpha value is -4.77. The van der Waals surface area contributed by atoms with Gasteiger partial charge in [0, 0.05) is 29.7 Å². The van der Waals surface area contributed by atoms with Gasteiger partial charge in [0.1, 0.15) is 29.1 Å². The molecule has 2 aliphatic heterocycles. The Balaban J connectivity index is 1.77. The van der Waals surface area contributed by atoms with Crippen molar-refractivity contribution in [2.24, 2.45) is 0 Å². The van der Waals surface area contributed by atoms with Crippen LogP contribution in [0.4, 0.5) is 20.2 Å². The number of fused-ring (bicyclic) bond motifs is 5.